The first-order valence-corrected chi connectivity index (χ1v) is 10.8. The Labute approximate surface area is 197 Å². The molecule has 8 heteroatoms. The van der Waals surface area contributed by atoms with Gasteiger partial charge in [0.2, 0.25) is 5.91 Å². The minimum absolute atomic E-state index is 0. The highest BCUT2D eigenvalue weighted by molar-refractivity contribution is 14.0. The zero-order chi connectivity index (χ0) is 20.6. The molecule has 168 valence electrons. The van der Waals surface area contributed by atoms with Crippen molar-refractivity contribution in [2.75, 3.05) is 52.9 Å². The molecule has 1 unspecified atom stereocenters. The maximum Gasteiger partial charge on any atom is 0.239 e. The van der Waals surface area contributed by atoms with Gasteiger partial charge in [-0.05, 0) is 44.4 Å². The number of benzene rings is 1. The Kier molecular flexibility index (Phi) is 10.2. The van der Waals surface area contributed by atoms with Crippen LogP contribution in [0.3, 0.4) is 0 Å². The van der Waals surface area contributed by atoms with Crippen LogP contribution in [0, 0.1) is 0 Å². The van der Waals surface area contributed by atoms with E-state index in [1.165, 1.54) is 5.56 Å². The SMILES string of the molecule is CCOc1cccc(CNC(=NC)N2CCN(C(C)C(=O)N3CCCC3)CC2)c1.I. The number of carbonyl (C=O) groups excluding carboxylic acids is 1. The lowest BCUT2D eigenvalue weighted by Crippen LogP contribution is -2.57. The summed E-state index contributed by atoms with van der Waals surface area (Å²) < 4.78 is 5.58. The summed E-state index contributed by atoms with van der Waals surface area (Å²) in [6.07, 6.45) is 2.28. The summed E-state index contributed by atoms with van der Waals surface area (Å²) in [5, 5.41) is 3.46. The van der Waals surface area contributed by atoms with E-state index in [-0.39, 0.29) is 35.9 Å². The van der Waals surface area contributed by atoms with Crippen LogP contribution in [0.4, 0.5) is 0 Å². The van der Waals surface area contributed by atoms with Gasteiger partial charge in [0.15, 0.2) is 5.96 Å². The number of amides is 1. The predicted octanol–water partition coefficient (Wildman–Crippen LogP) is 2.41. The number of guanidine groups is 1. The summed E-state index contributed by atoms with van der Waals surface area (Å²) in [5.41, 5.74) is 1.17. The molecule has 2 aliphatic heterocycles. The number of nitrogens with one attached hydrogen (secondary N) is 1. The van der Waals surface area contributed by atoms with Crippen LogP contribution in [-0.4, -0.2) is 85.5 Å². The van der Waals surface area contributed by atoms with Crippen molar-refractivity contribution in [3.63, 3.8) is 0 Å². The van der Waals surface area contributed by atoms with Gasteiger partial charge in [-0.15, -0.1) is 24.0 Å². The van der Waals surface area contributed by atoms with Crippen LogP contribution in [0.2, 0.25) is 0 Å². The molecule has 30 heavy (non-hydrogen) atoms. The molecule has 0 saturated carbocycles. The first kappa shape index (κ1) is 24.7. The third kappa shape index (κ3) is 6.47. The lowest BCUT2D eigenvalue weighted by atomic mass is 10.2. The molecule has 1 amide bonds. The second kappa shape index (κ2) is 12.3. The van der Waals surface area contributed by atoms with Gasteiger partial charge in [0.05, 0.1) is 12.6 Å². The molecule has 2 aliphatic rings. The van der Waals surface area contributed by atoms with Crippen molar-refractivity contribution >= 4 is 35.8 Å². The van der Waals surface area contributed by atoms with Crippen molar-refractivity contribution in [3.8, 4) is 5.75 Å². The minimum Gasteiger partial charge on any atom is -0.494 e. The molecule has 1 aromatic rings. The van der Waals surface area contributed by atoms with E-state index in [2.05, 4.69) is 39.2 Å². The fraction of sp³-hybridized carbons (Fsp3) is 0.636. The quantitative estimate of drug-likeness (QED) is 0.349. The van der Waals surface area contributed by atoms with Gasteiger partial charge in [-0.1, -0.05) is 12.1 Å². The number of aliphatic imine (C=N–C) groups is 1. The number of carbonyl (C=O) groups is 1. The van der Waals surface area contributed by atoms with E-state index in [1.807, 2.05) is 31.0 Å². The molecule has 1 aromatic carbocycles. The predicted molar refractivity (Wildman–Crippen MR) is 132 cm³/mol. The fourth-order valence-corrected chi connectivity index (χ4v) is 4.10. The average molecular weight is 529 g/mol. The van der Waals surface area contributed by atoms with Crippen LogP contribution in [0.5, 0.6) is 5.75 Å². The van der Waals surface area contributed by atoms with Crippen molar-refractivity contribution in [3.05, 3.63) is 29.8 Å². The Morgan fingerprint density at radius 1 is 1.13 bits per heavy atom. The molecule has 0 aliphatic carbocycles. The summed E-state index contributed by atoms with van der Waals surface area (Å²) in [7, 11) is 1.82. The van der Waals surface area contributed by atoms with E-state index < -0.39 is 0 Å². The topological polar surface area (TPSA) is 60.4 Å². The number of hydrogen-bond donors (Lipinski definition) is 1. The van der Waals surface area contributed by atoms with Crippen LogP contribution >= 0.6 is 24.0 Å². The first-order chi connectivity index (χ1) is 14.1. The molecule has 1 N–H and O–H groups in total. The molecular formula is C22H36IN5O2. The molecular weight excluding hydrogens is 493 g/mol. The van der Waals surface area contributed by atoms with Crippen LogP contribution in [0.25, 0.3) is 0 Å². The number of nitrogens with zero attached hydrogens (tertiary/aromatic N) is 4. The molecule has 7 nitrogen and oxygen atoms in total. The highest BCUT2D eigenvalue weighted by Gasteiger charge is 2.30. The highest BCUT2D eigenvalue weighted by Crippen LogP contribution is 2.15. The Bertz CT molecular complexity index is 701. The summed E-state index contributed by atoms with van der Waals surface area (Å²) >= 11 is 0. The van der Waals surface area contributed by atoms with E-state index in [9.17, 15) is 4.79 Å². The van der Waals surface area contributed by atoms with Gasteiger partial charge in [0, 0.05) is 52.9 Å². The number of rotatable bonds is 6. The number of halogens is 1. The van der Waals surface area contributed by atoms with E-state index in [0.29, 0.717) is 13.2 Å². The standard InChI is InChI=1S/C22H35N5O2.HI/c1-4-29-20-9-7-8-19(16-20)17-24-22(23-3)27-14-12-25(13-15-27)18(2)21(28)26-10-5-6-11-26;/h7-9,16,18H,4-6,10-15,17H2,1-3H3,(H,23,24);1H. The molecule has 0 spiro atoms. The third-order valence-corrected chi connectivity index (χ3v) is 5.81. The van der Waals surface area contributed by atoms with Crippen molar-refractivity contribution in [2.24, 2.45) is 4.99 Å². The smallest absolute Gasteiger partial charge is 0.239 e. The van der Waals surface area contributed by atoms with Crippen molar-refractivity contribution < 1.29 is 9.53 Å². The summed E-state index contributed by atoms with van der Waals surface area (Å²) in [6.45, 7) is 10.8. The maximum atomic E-state index is 12.7. The summed E-state index contributed by atoms with van der Waals surface area (Å²) in [4.78, 5) is 23.7. The number of likely N-dealkylation sites (tertiary alicyclic amines) is 1. The fourth-order valence-electron chi connectivity index (χ4n) is 4.10. The monoisotopic (exact) mass is 529 g/mol. The zero-order valence-electron chi connectivity index (χ0n) is 18.5. The maximum absolute atomic E-state index is 12.7. The van der Waals surface area contributed by atoms with Crippen LogP contribution in [0.1, 0.15) is 32.3 Å². The summed E-state index contributed by atoms with van der Waals surface area (Å²) in [5.74, 6) is 2.09. The molecule has 0 bridgehead atoms. The van der Waals surface area contributed by atoms with Crippen molar-refractivity contribution in [1.82, 2.24) is 20.0 Å². The van der Waals surface area contributed by atoms with E-state index in [4.69, 9.17) is 4.74 Å². The Hall–Kier alpha value is -1.55. The molecule has 2 heterocycles. The van der Waals surface area contributed by atoms with Gasteiger partial charge >= 0.3 is 0 Å². The van der Waals surface area contributed by atoms with Crippen molar-refractivity contribution in [1.29, 1.82) is 0 Å². The van der Waals surface area contributed by atoms with Gasteiger partial charge in [-0.3, -0.25) is 14.7 Å². The van der Waals surface area contributed by atoms with Gasteiger partial charge in [-0.2, -0.15) is 0 Å². The third-order valence-electron chi connectivity index (χ3n) is 5.81. The second-order valence-corrected chi connectivity index (χ2v) is 7.71. The minimum atomic E-state index is -0.0356. The van der Waals surface area contributed by atoms with Crippen LogP contribution in [0.15, 0.2) is 29.3 Å². The van der Waals surface area contributed by atoms with E-state index in [1.54, 1.807) is 0 Å². The molecule has 2 fully saturated rings. The lowest BCUT2D eigenvalue weighted by Gasteiger charge is -2.39. The largest absolute Gasteiger partial charge is 0.494 e. The van der Waals surface area contributed by atoms with Crippen molar-refractivity contribution in [2.45, 2.75) is 39.3 Å². The molecule has 1 atom stereocenters. The zero-order valence-corrected chi connectivity index (χ0v) is 20.8. The Balaban J connectivity index is 0.00000320. The number of piperazine rings is 1. The second-order valence-electron chi connectivity index (χ2n) is 7.71. The van der Waals surface area contributed by atoms with Gasteiger partial charge in [0.1, 0.15) is 5.75 Å². The first-order valence-electron chi connectivity index (χ1n) is 10.8. The van der Waals surface area contributed by atoms with Crippen LogP contribution < -0.4 is 10.1 Å². The molecule has 0 radical (unpaired) electrons. The van der Waals surface area contributed by atoms with Gasteiger partial charge in [-0.25, -0.2) is 0 Å². The normalized spacial score (nSPS) is 18.7. The molecule has 3 rings (SSSR count). The van der Waals surface area contributed by atoms with E-state index >= 15 is 0 Å². The molecule has 2 saturated heterocycles. The Morgan fingerprint density at radius 2 is 1.83 bits per heavy atom. The molecule has 0 aromatic heterocycles. The highest BCUT2D eigenvalue weighted by atomic mass is 127. The number of ether oxygens (including phenoxy) is 1. The lowest BCUT2D eigenvalue weighted by molar-refractivity contribution is -0.135. The van der Waals surface area contributed by atoms with Crippen LogP contribution in [-0.2, 0) is 11.3 Å². The average Bonchev–Trinajstić information content (AvgIpc) is 3.29. The van der Waals surface area contributed by atoms with Gasteiger partial charge in [0.25, 0.3) is 0 Å². The summed E-state index contributed by atoms with van der Waals surface area (Å²) in [6, 6.07) is 8.11. The Morgan fingerprint density at radius 3 is 2.47 bits per heavy atom. The van der Waals surface area contributed by atoms with Gasteiger partial charge < -0.3 is 19.9 Å². The number of hydrogen-bond acceptors (Lipinski definition) is 4. The van der Waals surface area contributed by atoms with E-state index in [0.717, 1.165) is 63.8 Å².